The SMILES string of the molecule is Cl/C1=C/N=Cc2ccccc2N=C1. The number of benzene rings is 1. The van der Waals surface area contributed by atoms with Crippen molar-refractivity contribution in [1.29, 1.82) is 0 Å². The van der Waals surface area contributed by atoms with Gasteiger partial charge in [-0.2, -0.15) is 0 Å². The molecule has 0 unspecified atom stereocenters. The Morgan fingerprint density at radius 2 is 1.92 bits per heavy atom. The maximum Gasteiger partial charge on any atom is 0.0771 e. The molecule has 0 radical (unpaired) electrons. The van der Waals surface area contributed by atoms with Crippen LogP contribution >= 0.6 is 11.6 Å². The first-order valence-corrected chi connectivity index (χ1v) is 4.26. The highest BCUT2D eigenvalue weighted by atomic mass is 35.5. The molecule has 1 heterocycles. The van der Waals surface area contributed by atoms with Gasteiger partial charge in [0, 0.05) is 24.2 Å². The summed E-state index contributed by atoms with van der Waals surface area (Å²) in [5.41, 5.74) is 1.89. The van der Waals surface area contributed by atoms with Crippen molar-refractivity contribution >= 4 is 29.7 Å². The van der Waals surface area contributed by atoms with Crippen LogP contribution < -0.4 is 0 Å². The van der Waals surface area contributed by atoms with E-state index < -0.39 is 0 Å². The summed E-state index contributed by atoms with van der Waals surface area (Å²) in [4.78, 5) is 8.25. The highest BCUT2D eigenvalue weighted by molar-refractivity contribution is 6.39. The Labute approximate surface area is 81.3 Å². The lowest BCUT2D eigenvalue weighted by Gasteiger charge is -2.00. The number of fused-ring (bicyclic) bond motifs is 1. The highest BCUT2D eigenvalue weighted by Crippen LogP contribution is 2.18. The fraction of sp³-hybridized carbons (Fsp3) is 0. The molecule has 2 nitrogen and oxygen atoms in total. The number of aliphatic imine (C=N–C) groups is 2. The van der Waals surface area contributed by atoms with Gasteiger partial charge in [0.1, 0.15) is 0 Å². The summed E-state index contributed by atoms with van der Waals surface area (Å²) < 4.78 is 0. The van der Waals surface area contributed by atoms with Gasteiger partial charge in [0.15, 0.2) is 0 Å². The largest absolute Gasteiger partial charge is 0.262 e. The Bertz CT molecular complexity index is 405. The molecule has 0 N–H and O–H groups in total. The lowest BCUT2D eigenvalue weighted by molar-refractivity contribution is 1.48. The normalized spacial score (nSPS) is 18.4. The number of para-hydroxylation sites is 1. The van der Waals surface area contributed by atoms with E-state index in [0.717, 1.165) is 11.3 Å². The van der Waals surface area contributed by atoms with E-state index in [1.54, 1.807) is 18.6 Å². The van der Waals surface area contributed by atoms with E-state index in [2.05, 4.69) is 9.98 Å². The number of halogens is 1. The number of hydrogen-bond acceptors (Lipinski definition) is 2. The first kappa shape index (κ1) is 8.20. The maximum absolute atomic E-state index is 5.76. The molecule has 0 bridgehead atoms. The Morgan fingerprint density at radius 3 is 2.85 bits per heavy atom. The minimum Gasteiger partial charge on any atom is -0.262 e. The summed E-state index contributed by atoms with van der Waals surface area (Å²) in [7, 11) is 0. The summed E-state index contributed by atoms with van der Waals surface area (Å²) in [6.45, 7) is 0. The first-order valence-electron chi connectivity index (χ1n) is 3.88. The van der Waals surface area contributed by atoms with Gasteiger partial charge in [-0.05, 0) is 6.07 Å². The minimum atomic E-state index is 0.533. The van der Waals surface area contributed by atoms with Crippen LogP contribution in [-0.4, -0.2) is 12.4 Å². The Kier molecular flexibility index (Phi) is 2.23. The fourth-order valence-corrected chi connectivity index (χ4v) is 1.17. The molecule has 2 rings (SSSR count). The predicted molar refractivity (Wildman–Crippen MR) is 56.1 cm³/mol. The van der Waals surface area contributed by atoms with E-state index in [-0.39, 0.29) is 0 Å². The molecule has 0 atom stereocenters. The molecule has 0 aromatic heterocycles. The molecule has 1 aliphatic rings. The number of nitrogens with zero attached hydrogens (tertiary/aromatic N) is 2. The summed E-state index contributed by atoms with van der Waals surface area (Å²) >= 11 is 5.76. The van der Waals surface area contributed by atoms with E-state index in [9.17, 15) is 0 Å². The van der Waals surface area contributed by atoms with Crippen molar-refractivity contribution in [1.82, 2.24) is 0 Å². The lowest BCUT2D eigenvalue weighted by atomic mass is 10.2. The molecule has 0 saturated heterocycles. The molecule has 1 aromatic rings. The van der Waals surface area contributed by atoms with Crippen LogP contribution in [-0.2, 0) is 0 Å². The van der Waals surface area contributed by atoms with Gasteiger partial charge in [0.2, 0.25) is 0 Å². The van der Waals surface area contributed by atoms with Gasteiger partial charge in [-0.25, -0.2) is 0 Å². The smallest absolute Gasteiger partial charge is 0.0771 e. The highest BCUT2D eigenvalue weighted by Gasteiger charge is 1.97. The van der Waals surface area contributed by atoms with E-state index in [0.29, 0.717) is 5.03 Å². The van der Waals surface area contributed by atoms with Crippen LogP contribution in [0.15, 0.2) is 45.5 Å². The van der Waals surface area contributed by atoms with Crippen molar-refractivity contribution in [3.8, 4) is 0 Å². The molecule has 0 saturated carbocycles. The second-order valence-electron chi connectivity index (χ2n) is 2.61. The van der Waals surface area contributed by atoms with Crippen molar-refractivity contribution in [3.05, 3.63) is 41.1 Å². The van der Waals surface area contributed by atoms with Gasteiger partial charge in [0.25, 0.3) is 0 Å². The number of allylic oxidation sites excluding steroid dienone is 1. The average molecular weight is 191 g/mol. The van der Waals surface area contributed by atoms with Crippen molar-refractivity contribution in [2.75, 3.05) is 0 Å². The van der Waals surface area contributed by atoms with Crippen molar-refractivity contribution in [3.63, 3.8) is 0 Å². The minimum absolute atomic E-state index is 0.533. The van der Waals surface area contributed by atoms with E-state index in [1.165, 1.54) is 0 Å². The quantitative estimate of drug-likeness (QED) is 0.601. The zero-order chi connectivity index (χ0) is 9.10. The lowest BCUT2D eigenvalue weighted by Crippen LogP contribution is -1.85. The second kappa shape index (κ2) is 3.54. The van der Waals surface area contributed by atoms with E-state index >= 15 is 0 Å². The average Bonchev–Trinajstić information content (AvgIpc) is 2.13. The Morgan fingerprint density at radius 1 is 1.08 bits per heavy atom. The van der Waals surface area contributed by atoms with Gasteiger partial charge in [0.05, 0.1) is 10.7 Å². The van der Waals surface area contributed by atoms with E-state index in [4.69, 9.17) is 11.6 Å². The third-order valence-corrected chi connectivity index (χ3v) is 1.87. The van der Waals surface area contributed by atoms with E-state index in [1.807, 2.05) is 24.3 Å². The van der Waals surface area contributed by atoms with Crippen LogP contribution in [0.5, 0.6) is 0 Å². The molecular formula is C10H7ClN2. The molecule has 64 valence electrons. The molecule has 0 aliphatic carbocycles. The van der Waals surface area contributed by atoms with Crippen LogP contribution in [0.3, 0.4) is 0 Å². The van der Waals surface area contributed by atoms with Crippen molar-refractivity contribution in [2.45, 2.75) is 0 Å². The van der Waals surface area contributed by atoms with Crippen LogP contribution in [0.1, 0.15) is 5.56 Å². The molecule has 3 heteroatoms. The molecule has 1 aliphatic heterocycles. The zero-order valence-electron chi connectivity index (χ0n) is 6.81. The molecule has 0 amide bonds. The van der Waals surface area contributed by atoms with Gasteiger partial charge in [-0.15, -0.1) is 0 Å². The Balaban J connectivity index is 2.52. The monoisotopic (exact) mass is 190 g/mol. The van der Waals surface area contributed by atoms with Crippen LogP contribution in [0, 0.1) is 0 Å². The Hall–Kier alpha value is -1.41. The molecule has 1 aromatic carbocycles. The second-order valence-corrected chi connectivity index (χ2v) is 3.05. The van der Waals surface area contributed by atoms with Crippen LogP contribution in [0.25, 0.3) is 0 Å². The number of rotatable bonds is 0. The van der Waals surface area contributed by atoms with Crippen molar-refractivity contribution < 1.29 is 0 Å². The number of hydrogen-bond donors (Lipinski definition) is 0. The van der Waals surface area contributed by atoms with Crippen LogP contribution in [0.4, 0.5) is 5.69 Å². The molecule has 13 heavy (non-hydrogen) atoms. The fourth-order valence-electron chi connectivity index (χ4n) is 1.07. The first-order chi connectivity index (χ1) is 6.36. The van der Waals surface area contributed by atoms with Gasteiger partial charge >= 0.3 is 0 Å². The summed E-state index contributed by atoms with van der Waals surface area (Å²) in [5.74, 6) is 0. The van der Waals surface area contributed by atoms with Crippen molar-refractivity contribution in [2.24, 2.45) is 9.98 Å². The maximum atomic E-state index is 5.76. The van der Waals surface area contributed by atoms with Gasteiger partial charge < -0.3 is 0 Å². The molecule has 0 spiro atoms. The molecular weight excluding hydrogens is 184 g/mol. The van der Waals surface area contributed by atoms with Gasteiger partial charge in [-0.1, -0.05) is 29.8 Å². The van der Waals surface area contributed by atoms with Crippen LogP contribution in [0.2, 0.25) is 0 Å². The predicted octanol–water partition coefficient (Wildman–Crippen LogP) is 2.90. The standard InChI is InChI=1S/C10H7ClN2/c11-9-6-12-5-8-3-1-2-4-10(8)13-7-9/h1-7H/b8-5?,9-6+,9-7?,12-5?,12-6?,13-7?,13-10?. The summed E-state index contributed by atoms with van der Waals surface area (Å²) in [6, 6.07) is 7.77. The third kappa shape index (κ3) is 1.84. The summed E-state index contributed by atoms with van der Waals surface area (Å²) in [6.07, 6.45) is 4.91. The van der Waals surface area contributed by atoms with Gasteiger partial charge in [-0.3, -0.25) is 9.98 Å². The third-order valence-electron chi connectivity index (χ3n) is 1.68. The topological polar surface area (TPSA) is 24.7 Å². The zero-order valence-corrected chi connectivity index (χ0v) is 7.57. The summed E-state index contributed by atoms with van der Waals surface area (Å²) in [5, 5.41) is 0.533. The molecule has 0 fully saturated rings.